The van der Waals surface area contributed by atoms with Crippen molar-refractivity contribution in [2.75, 3.05) is 0 Å². The lowest BCUT2D eigenvalue weighted by molar-refractivity contribution is 0.953. The molecule has 0 aliphatic rings. The molecule has 0 aliphatic carbocycles. The normalized spacial score (nSPS) is 11.4. The molecule has 0 spiro atoms. The lowest BCUT2D eigenvalue weighted by Crippen LogP contribution is -2.07. The van der Waals surface area contributed by atoms with Crippen molar-refractivity contribution < 1.29 is 0 Å². The number of nitrogens with zero attached hydrogens (tertiary/aromatic N) is 6. The molecule has 0 bridgehead atoms. The third-order valence-corrected chi connectivity index (χ3v) is 11.0. The number of aromatic nitrogens is 5. The summed E-state index contributed by atoms with van der Waals surface area (Å²) in [5.41, 5.74) is 11.5. The summed E-state index contributed by atoms with van der Waals surface area (Å²) < 4.78 is 4.32. The maximum Gasteiger partial charge on any atom is 0.238 e. The SMILES string of the molecule is N#Cc1cc(-c2nc(-c3ccccc3)nc(-n3c4ccc(-c5ccccc5)cc4c4cc(-c5ccccc5)ccc43)n2)ccc1-n1c2ccccc2c2ccccc21. The highest BCUT2D eigenvalue weighted by atomic mass is 15.2. The van der Waals surface area contributed by atoms with E-state index in [2.05, 4.69) is 137 Å². The lowest BCUT2D eigenvalue weighted by atomic mass is 10.0. The molecule has 6 heteroatoms. The molecule has 0 saturated carbocycles. The Bertz CT molecular complexity index is 3240. The predicted octanol–water partition coefficient (Wildman–Crippen LogP) is 12.6. The van der Waals surface area contributed by atoms with Crippen molar-refractivity contribution in [1.29, 1.82) is 5.26 Å². The Hall–Kier alpha value is -8.14. The van der Waals surface area contributed by atoms with Crippen LogP contribution in [0, 0.1) is 11.3 Å². The number of hydrogen-bond acceptors (Lipinski definition) is 4. The Morgan fingerprint density at radius 2 is 0.793 bits per heavy atom. The van der Waals surface area contributed by atoms with Crippen molar-refractivity contribution in [1.82, 2.24) is 24.1 Å². The topological polar surface area (TPSA) is 72.3 Å². The van der Waals surface area contributed by atoms with E-state index in [4.69, 9.17) is 15.0 Å². The molecule has 0 atom stereocenters. The molecule has 0 radical (unpaired) electrons. The van der Waals surface area contributed by atoms with Crippen molar-refractivity contribution in [3.8, 4) is 62.7 Å². The van der Waals surface area contributed by atoms with Crippen molar-refractivity contribution in [3.63, 3.8) is 0 Å². The largest absolute Gasteiger partial charge is 0.308 e. The molecule has 0 saturated heterocycles. The van der Waals surface area contributed by atoms with E-state index in [1.54, 1.807) is 0 Å². The zero-order valence-corrected chi connectivity index (χ0v) is 31.2. The van der Waals surface area contributed by atoms with E-state index in [-0.39, 0.29) is 0 Å². The van der Waals surface area contributed by atoms with Gasteiger partial charge in [-0.1, -0.05) is 140 Å². The van der Waals surface area contributed by atoms with Crippen LogP contribution < -0.4 is 0 Å². The molecule has 8 aromatic carbocycles. The van der Waals surface area contributed by atoms with E-state index in [0.29, 0.717) is 23.2 Å². The minimum absolute atomic E-state index is 0.478. The first-order valence-electron chi connectivity index (χ1n) is 19.3. The van der Waals surface area contributed by atoms with Crippen LogP contribution in [0.25, 0.3) is 100 Å². The fraction of sp³-hybridized carbons (Fsp3) is 0. The molecule has 0 fully saturated rings. The molecule has 58 heavy (non-hydrogen) atoms. The zero-order chi connectivity index (χ0) is 38.6. The number of para-hydroxylation sites is 2. The van der Waals surface area contributed by atoms with Crippen LogP contribution in [0.5, 0.6) is 0 Å². The van der Waals surface area contributed by atoms with Crippen LogP contribution in [0.4, 0.5) is 0 Å². The minimum atomic E-state index is 0.478. The van der Waals surface area contributed by atoms with Crippen LogP contribution in [0.3, 0.4) is 0 Å². The lowest BCUT2D eigenvalue weighted by Gasteiger charge is -2.13. The number of rotatable bonds is 6. The highest BCUT2D eigenvalue weighted by Gasteiger charge is 2.21. The number of fused-ring (bicyclic) bond motifs is 6. The first kappa shape index (κ1) is 33.2. The van der Waals surface area contributed by atoms with Gasteiger partial charge in [-0.15, -0.1) is 0 Å². The smallest absolute Gasteiger partial charge is 0.238 e. The summed E-state index contributed by atoms with van der Waals surface area (Å²) >= 11 is 0. The molecule has 6 nitrogen and oxygen atoms in total. The van der Waals surface area contributed by atoms with Gasteiger partial charge < -0.3 is 4.57 Å². The number of hydrogen-bond donors (Lipinski definition) is 0. The highest BCUT2D eigenvalue weighted by Crippen LogP contribution is 2.38. The molecular weight excluding hydrogens is 709 g/mol. The summed E-state index contributed by atoms with van der Waals surface area (Å²) in [5.74, 6) is 1.52. The van der Waals surface area contributed by atoms with E-state index in [1.165, 1.54) is 0 Å². The maximum atomic E-state index is 10.7. The first-order chi connectivity index (χ1) is 28.7. The highest BCUT2D eigenvalue weighted by molar-refractivity contribution is 6.12. The van der Waals surface area contributed by atoms with Crippen molar-refractivity contribution in [2.24, 2.45) is 0 Å². The summed E-state index contributed by atoms with van der Waals surface area (Å²) in [6, 6.07) is 69.2. The van der Waals surface area contributed by atoms with Crippen molar-refractivity contribution in [2.45, 2.75) is 0 Å². The van der Waals surface area contributed by atoms with Gasteiger partial charge in [0.2, 0.25) is 5.95 Å². The Morgan fingerprint density at radius 1 is 0.345 bits per heavy atom. The van der Waals surface area contributed by atoms with Crippen LogP contribution in [0.1, 0.15) is 5.56 Å². The van der Waals surface area contributed by atoms with Gasteiger partial charge in [0.15, 0.2) is 11.6 Å². The number of benzene rings is 8. The molecule has 0 N–H and O–H groups in total. The molecule has 11 aromatic rings. The third kappa shape index (κ3) is 5.45. The summed E-state index contributed by atoms with van der Waals surface area (Å²) in [4.78, 5) is 15.5. The fourth-order valence-corrected chi connectivity index (χ4v) is 8.31. The molecule has 3 heterocycles. The van der Waals surface area contributed by atoms with E-state index in [1.807, 2.05) is 72.8 Å². The summed E-state index contributed by atoms with van der Waals surface area (Å²) in [6.07, 6.45) is 0. The fourth-order valence-electron chi connectivity index (χ4n) is 8.31. The molecule has 0 amide bonds. The second kappa shape index (κ2) is 13.6. The zero-order valence-electron chi connectivity index (χ0n) is 31.2. The second-order valence-electron chi connectivity index (χ2n) is 14.4. The van der Waals surface area contributed by atoms with Gasteiger partial charge >= 0.3 is 0 Å². The van der Waals surface area contributed by atoms with Gasteiger partial charge in [-0.05, 0) is 76.9 Å². The Balaban J connectivity index is 1.14. The molecule has 0 unspecified atom stereocenters. The summed E-state index contributed by atoms with van der Waals surface area (Å²) in [6.45, 7) is 0. The van der Waals surface area contributed by atoms with E-state index in [0.717, 1.165) is 82.7 Å². The molecule has 11 rings (SSSR count). The van der Waals surface area contributed by atoms with Crippen LogP contribution in [-0.4, -0.2) is 24.1 Å². The van der Waals surface area contributed by atoms with Gasteiger partial charge in [0.25, 0.3) is 0 Å². The molecular formula is C52H32N6. The monoisotopic (exact) mass is 740 g/mol. The Morgan fingerprint density at radius 3 is 1.33 bits per heavy atom. The van der Waals surface area contributed by atoms with Crippen molar-refractivity contribution in [3.05, 3.63) is 200 Å². The Labute approximate surface area is 334 Å². The first-order valence-corrected chi connectivity index (χ1v) is 19.3. The van der Waals surface area contributed by atoms with Crippen LogP contribution in [-0.2, 0) is 0 Å². The minimum Gasteiger partial charge on any atom is -0.308 e. The quantitative estimate of drug-likeness (QED) is 0.170. The van der Waals surface area contributed by atoms with Gasteiger partial charge in [0, 0.05) is 32.7 Å². The predicted molar refractivity (Wildman–Crippen MR) is 235 cm³/mol. The van der Waals surface area contributed by atoms with Gasteiger partial charge in [-0.3, -0.25) is 4.57 Å². The maximum absolute atomic E-state index is 10.7. The van der Waals surface area contributed by atoms with Crippen LogP contribution >= 0.6 is 0 Å². The third-order valence-electron chi connectivity index (χ3n) is 11.0. The standard InChI is InChI=1S/C52H32N6/c53-33-40-30-39(26-27-45(40)57-46-22-12-10-20-41(46)42-21-11-13-23-47(42)57)51-54-50(36-18-8-3-9-19-36)55-52(56-51)58-48-28-24-37(34-14-4-1-5-15-34)31-43(48)44-32-38(25-29-49(44)58)35-16-6-2-7-17-35/h1-32H. The van der Waals surface area contributed by atoms with Crippen LogP contribution in [0.2, 0.25) is 0 Å². The molecule has 3 aromatic heterocycles. The number of nitriles is 1. The molecule has 270 valence electrons. The van der Waals surface area contributed by atoms with Gasteiger partial charge in [-0.25, -0.2) is 4.98 Å². The van der Waals surface area contributed by atoms with Gasteiger partial charge in [-0.2, -0.15) is 15.2 Å². The average molecular weight is 741 g/mol. The average Bonchev–Trinajstić information content (AvgIpc) is 3.81. The van der Waals surface area contributed by atoms with E-state index >= 15 is 0 Å². The van der Waals surface area contributed by atoms with E-state index < -0.39 is 0 Å². The van der Waals surface area contributed by atoms with Crippen LogP contribution in [0.15, 0.2) is 194 Å². The van der Waals surface area contributed by atoms with Gasteiger partial charge in [0.05, 0.1) is 33.3 Å². The van der Waals surface area contributed by atoms with Crippen molar-refractivity contribution >= 4 is 43.6 Å². The second-order valence-corrected chi connectivity index (χ2v) is 14.4. The Kier molecular flexibility index (Phi) is 7.76. The van der Waals surface area contributed by atoms with Gasteiger partial charge in [0.1, 0.15) is 6.07 Å². The molecule has 0 aliphatic heterocycles. The summed E-state index contributed by atoms with van der Waals surface area (Å²) in [7, 11) is 0. The summed E-state index contributed by atoms with van der Waals surface area (Å²) in [5, 5.41) is 15.2. The van der Waals surface area contributed by atoms with E-state index in [9.17, 15) is 5.26 Å².